The van der Waals surface area contributed by atoms with Gasteiger partial charge in [0.05, 0.1) is 10.2 Å². The fourth-order valence-corrected chi connectivity index (χ4v) is 3.48. The van der Waals surface area contributed by atoms with Gasteiger partial charge in [-0.05, 0) is 29.8 Å². The van der Waals surface area contributed by atoms with Crippen molar-refractivity contribution in [2.75, 3.05) is 0 Å². The molecular formula is C15H10ClNOS. The summed E-state index contributed by atoms with van der Waals surface area (Å²) in [6.45, 7) is 0. The Hall–Kier alpha value is -1.42. The molecule has 0 aliphatic carbocycles. The third kappa shape index (κ3) is 2.04. The highest BCUT2D eigenvalue weighted by atomic mass is 35.5. The molecule has 1 saturated heterocycles. The van der Waals surface area contributed by atoms with Gasteiger partial charge in [0.2, 0.25) is 0 Å². The molecule has 2 aromatic carbocycles. The van der Waals surface area contributed by atoms with Gasteiger partial charge in [-0.3, -0.25) is 0 Å². The van der Waals surface area contributed by atoms with Crippen molar-refractivity contribution in [1.82, 2.24) is 4.98 Å². The standard InChI is InChI=1S/C15H10ClNOS/c16-10-5-3-4-9(8-10)13-14(18-13)15-17-11-6-1-2-7-12(11)19-15/h1-8,13-14H. The molecule has 0 bridgehead atoms. The van der Waals surface area contributed by atoms with Gasteiger partial charge in [-0.15, -0.1) is 11.3 Å². The highest BCUT2D eigenvalue weighted by Gasteiger charge is 2.43. The van der Waals surface area contributed by atoms with Gasteiger partial charge in [-0.25, -0.2) is 4.98 Å². The van der Waals surface area contributed by atoms with E-state index in [2.05, 4.69) is 11.1 Å². The van der Waals surface area contributed by atoms with Crippen LogP contribution in [0.3, 0.4) is 0 Å². The molecule has 19 heavy (non-hydrogen) atoms. The van der Waals surface area contributed by atoms with Crippen LogP contribution < -0.4 is 0 Å². The van der Waals surface area contributed by atoms with Gasteiger partial charge in [-0.2, -0.15) is 0 Å². The normalized spacial score (nSPS) is 21.7. The number of rotatable bonds is 2. The highest BCUT2D eigenvalue weighted by Crippen LogP contribution is 2.52. The van der Waals surface area contributed by atoms with Crippen molar-refractivity contribution >= 4 is 33.2 Å². The van der Waals surface area contributed by atoms with E-state index in [1.54, 1.807) is 11.3 Å². The summed E-state index contributed by atoms with van der Waals surface area (Å²) in [5.41, 5.74) is 2.17. The van der Waals surface area contributed by atoms with Gasteiger partial charge in [-0.1, -0.05) is 35.9 Å². The van der Waals surface area contributed by atoms with Crippen LogP contribution >= 0.6 is 22.9 Å². The molecule has 2 nitrogen and oxygen atoms in total. The van der Waals surface area contributed by atoms with Crippen LogP contribution in [0.2, 0.25) is 5.02 Å². The summed E-state index contributed by atoms with van der Waals surface area (Å²) < 4.78 is 6.97. The molecule has 0 spiro atoms. The summed E-state index contributed by atoms with van der Waals surface area (Å²) in [5, 5.41) is 1.79. The van der Waals surface area contributed by atoms with Gasteiger partial charge in [0.1, 0.15) is 17.2 Å². The minimum absolute atomic E-state index is 0.0795. The SMILES string of the molecule is Clc1cccc(C2OC2c2nc3ccccc3s2)c1. The molecular weight excluding hydrogens is 278 g/mol. The molecule has 0 saturated carbocycles. The first kappa shape index (κ1) is 11.4. The molecule has 1 aliphatic heterocycles. The van der Waals surface area contributed by atoms with Crippen molar-refractivity contribution in [2.24, 2.45) is 0 Å². The minimum Gasteiger partial charge on any atom is -0.357 e. The molecule has 4 rings (SSSR count). The molecule has 4 heteroatoms. The molecule has 2 atom stereocenters. The zero-order chi connectivity index (χ0) is 12.8. The molecule has 3 aromatic rings. The van der Waals surface area contributed by atoms with Crippen LogP contribution in [0.25, 0.3) is 10.2 Å². The molecule has 1 aromatic heterocycles. The lowest BCUT2D eigenvalue weighted by atomic mass is 10.1. The van der Waals surface area contributed by atoms with E-state index in [-0.39, 0.29) is 12.2 Å². The van der Waals surface area contributed by atoms with Gasteiger partial charge in [0, 0.05) is 5.02 Å². The fourth-order valence-electron chi connectivity index (χ4n) is 2.25. The number of aromatic nitrogens is 1. The lowest BCUT2D eigenvalue weighted by molar-refractivity contribution is 0.377. The van der Waals surface area contributed by atoms with E-state index < -0.39 is 0 Å². The number of hydrogen-bond donors (Lipinski definition) is 0. The molecule has 1 fully saturated rings. The van der Waals surface area contributed by atoms with Gasteiger partial charge in [0.15, 0.2) is 0 Å². The average Bonchev–Trinajstić information content (AvgIpc) is 3.11. The topological polar surface area (TPSA) is 25.4 Å². The van der Waals surface area contributed by atoms with Gasteiger partial charge >= 0.3 is 0 Å². The van der Waals surface area contributed by atoms with Gasteiger partial charge in [0.25, 0.3) is 0 Å². The number of fused-ring (bicyclic) bond motifs is 1. The Morgan fingerprint density at radius 1 is 1.05 bits per heavy atom. The maximum absolute atomic E-state index is 6.01. The summed E-state index contributed by atoms with van der Waals surface area (Å²) in [6, 6.07) is 16.0. The fraction of sp³-hybridized carbons (Fsp3) is 0.133. The number of benzene rings is 2. The second kappa shape index (κ2) is 4.30. The van der Waals surface area contributed by atoms with Crippen LogP contribution in [0.4, 0.5) is 0 Å². The lowest BCUT2D eigenvalue weighted by Gasteiger charge is -1.95. The van der Waals surface area contributed by atoms with Crippen molar-refractivity contribution in [2.45, 2.75) is 12.2 Å². The monoisotopic (exact) mass is 287 g/mol. The second-order valence-electron chi connectivity index (χ2n) is 4.55. The zero-order valence-electron chi connectivity index (χ0n) is 9.92. The van der Waals surface area contributed by atoms with E-state index in [0.717, 1.165) is 21.1 Å². The average molecular weight is 288 g/mol. The third-order valence-electron chi connectivity index (χ3n) is 3.22. The number of ether oxygens (including phenoxy) is 1. The van der Waals surface area contributed by atoms with E-state index in [4.69, 9.17) is 16.3 Å². The quantitative estimate of drug-likeness (QED) is 0.635. The molecule has 1 aliphatic rings. The van der Waals surface area contributed by atoms with Gasteiger partial charge < -0.3 is 4.74 Å². The maximum atomic E-state index is 6.01. The summed E-state index contributed by atoms with van der Waals surface area (Å²) >= 11 is 7.71. The molecule has 0 amide bonds. The van der Waals surface area contributed by atoms with Crippen LogP contribution in [0.5, 0.6) is 0 Å². The van der Waals surface area contributed by atoms with Crippen LogP contribution in [-0.2, 0) is 4.74 Å². The summed E-state index contributed by atoms with van der Waals surface area (Å²) in [7, 11) is 0. The first-order chi connectivity index (χ1) is 9.31. The van der Waals surface area contributed by atoms with E-state index in [0.29, 0.717) is 0 Å². The molecule has 0 radical (unpaired) electrons. The Bertz CT molecular complexity index is 721. The zero-order valence-corrected chi connectivity index (χ0v) is 11.5. The Labute approximate surface area is 119 Å². The molecule has 94 valence electrons. The minimum atomic E-state index is 0.0795. The Balaban J connectivity index is 1.65. The van der Waals surface area contributed by atoms with E-state index in [1.807, 2.05) is 42.5 Å². The Morgan fingerprint density at radius 3 is 2.79 bits per heavy atom. The van der Waals surface area contributed by atoms with Crippen LogP contribution in [0.15, 0.2) is 48.5 Å². The molecule has 2 heterocycles. The maximum Gasteiger partial charge on any atom is 0.140 e. The van der Waals surface area contributed by atoms with Crippen molar-refractivity contribution in [3.63, 3.8) is 0 Å². The molecule has 0 N–H and O–H groups in total. The van der Waals surface area contributed by atoms with E-state index in [1.165, 1.54) is 4.70 Å². The van der Waals surface area contributed by atoms with Crippen LogP contribution in [0, 0.1) is 0 Å². The van der Waals surface area contributed by atoms with Crippen molar-refractivity contribution in [3.05, 3.63) is 64.1 Å². The predicted molar refractivity (Wildman–Crippen MR) is 77.6 cm³/mol. The number of hydrogen-bond acceptors (Lipinski definition) is 3. The summed E-state index contributed by atoms with van der Waals surface area (Å²) in [5.74, 6) is 0. The van der Waals surface area contributed by atoms with E-state index >= 15 is 0 Å². The number of thiazole rings is 1. The first-order valence-corrected chi connectivity index (χ1v) is 7.27. The molecule has 2 unspecified atom stereocenters. The highest BCUT2D eigenvalue weighted by molar-refractivity contribution is 7.18. The number of epoxide rings is 1. The Kier molecular flexibility index (Phi) is 2.58. The van der Waals surface area contributed by atoms with Crippen molar-refractivity contribution in [1.29, 1.82) is 0 Å². The Morgan fingerprint density at radius 2 is 1.95 bits per heavy atom. The van der Waals surface area contributed by atoms with Crippen LogP contribution in [-0.4, -0.2) is 4.98 Å². The first-order valence-electron chi connectivity index (χ1n) is 6.08. The summed E-state index contributed by atoms with van der Waals surface area (Å²) in [4.78, 5) is 4.63. The van der Waals surface area contributed by atoms with Crippen LogP contribution in [0.1, 0.15) is 22.8 Å². The van der Waals surface area contributed by atoms with Crippen molar-refractivity contribution < 1.29 is 4.74 Å². The second-order valence-corrected chi connectivity index (χ2v) is 6.05. The third-order valence-corrected chi connectivity index (χ3v) is 4.56. The predicted octanol–water partition coefficient (Wildman–Crippen LogP) is 4.76. The van der Waals surface area contributed by atoms with E-state index in [9.17, 15) is 0 Å². The van der Waals surface area contributed by atoms with Crippen molar-refractivity contribution in [3.8, 4) is 0 Å². The smallest absolute Gasteiger partial charge is 0.140 e. The number of para-hydroxylation sites is 1. The number of halogens is 1. The summed E-state index contributed by atoms with van der Waals surface area (Å²) in [6.07, 6.45) is 0.176. The largest absolute Gasteiger partial charge is 0.357 e. The lowest BCUT2D eigenvalue weighted by Crippen LogP contribution is -1.83. The number of nitrogens with zero attached hydrogens (tertiary/aromatic N) is 1.